The Balaban J connectivity index is 2.41. The molecule has 0 radical (unpaired) electrons. The van der Waals surface area contributed by atoms with Crippen molar-refractivity contribution in [3.05, 3.63) is 39.0 Å². The molecule has 1 saturated carbocycles. The van der Waals surface area contributed by atoms with Crippen LogP contribution in [0.25, 0.3) is 11.0 Å². The van der Waals surface area contributed by atoms with Gasteiger partial charge >= 0.3 is 5.97 Å². The SMILES string of the molecule is O=C(O)c1cn(C2CC2F)c2nc(Cl)c(F)cc2c1=O. The van der Waals surface area contributed by atoms with Crippen molar-refractivity contribution < 1.29 is 18.7 Å². The molecular weight excluding hydrogens is 294 g/mol. The van der Waals surface area contributed by atoms with Gasteiger partial charge in [0.25, 0.3) is 0 Å². The van der Waals surface area contributed by atoms with Crippen LogP contribution in [0.5, 0.6) is 0 Å². The Kier molecular flexibility index (Phi) is 2.75. The smallest absolute Gasteiger partial charge is 0.341 e. The standard InChI is InChI=1S/C12H7ClF2N2O3/c13-10-7(15)1-4-9(18)5(12(19)20)3-17(11(4)16-10)8-2-6(8)14/h1,3,6,8H,2H2,(H,19,20). The van der Waals surface area contributed by atoms with Gasteiger partial charge < -0.3 is 9.67 Å². The van der Waals surface area contributed by atoms with Gasteiger partial charge in [-0.25, -0.2) is 18.6 Å². The predicted molar refractivity (Wildman–Crippen MR) is 66.5 cm³/mol. The minimum atomic E-state index is -1.46. The van der Waals surface area contributed by atoms with Crippen molar-refractivity contribution in [3.63, 3.8) is 0 Å². The lowest BCUT2D eigenvalue weighted by Gasteiger charge is -2.10. The molecule has 2 unspecified atom stereocenters. The third kappa shape index (κ3) is 1.85. The normalized spacial score (nSPS) is 21.1. The first kappa shape index (κ1) is 13.0. The van der Waals surface area contributed by atoms with Crippen LogP contribution in [0, 0.1) is 5.82 Å². The average Bonchev–Trinajstić information content (AvgIpc) is 3.09. The second kappa shape index (κ2) is 4.24. The lowest BCUT2D eigenvalue weighted by Crippen LogP contribution is -2.20. The highest BCUT2D eigenvalue weighted by Gasteiger charge is 2.40. The fourth-order valence-electron chi connectivity index (χ4n) is 2.07. The summed E-state index contributed by atoms with van der Waals surface area (Å²) in [5, 5.41) is 8.31. The van der Waals surface area contributed by atoms with Gasteiger partial charge in [-0.1, -0.05) is 11.6 Å². The minimum absolute atomic E-state index is 0.0171. The zero-order chi connectivity index (χ0) is 14.6. The largest absolute Gasteiger partial charge is 0.477 e. The van der Waals surface area contributed by atoms with Crippen LogP contribution < -0.4 is 5.43 Å². The first-order valence-electron chi connectivity index (χ1n) is 5.68. The molecule has 5 nitrogen and oxygen atoms in total. The number of nitrogens with zero attached hydrogens (tertiary/aromatic N) is 2. The van der Waals surface area contributed by atoms with E-state index in [1.165, 1.54) is 4.57 Å². The maximum atomic E-state index is 13.4. The Labute approximate surface area is 115 Å². The summed E-state index contributed by atoms with van der Waals surface area (Å²) in [5.41, 5.74) is -1.44. The van der Waals surface area contributed by atoms with Gasteiger partial charge in [0.05, 0.1) is 11.4 Å². The monoisotopic (exact) mass is 300 g/mol. The molecule has 3 rings (SSSR count). The third-order valence-corrected chi connectivity index (χ3v) is 3.45. The second-order valence-corrected chi connectivity index (χ2v) is 4.89. The molecule has 2 aromatic heterocycles. The lowest BCUT2D eigenvalue weighted by atomic mass is 10.2. The summed E-state index contributed by atoms with van der Waals surface area (Å²) >= 11 is 5.56. The molecule has 104 valence electrons. The number of hydrogen-bond acceptors (Lipinski definition) is 3. The summed E-state index contributed by atoms with van der Waals surface area (Å²) < 4.78 is 27.9. The number of alkyl halides is 1. The number of fused-ring (bicyclic) bond motifs is 1. The highest BCUT2D eigenvalue weighted by atomic mass is 35.5. The van der Waals surface area contributed by atoms with Crippen molar-refractivity contribution in [3.8, 4) is 0 Å². The highest BCUT2D eigenvalue weighted by molar-refractivity contribution is 6.29. The first-order chi connectivity index (χ1) is 9.40. The third-order valence-electron chi connectivity index (χ3n) is 3.18. The molecule has 8 heteroatoms. The molecule has 0 saturated heterocycles. The van der Waals surface area contributed by atoms with Gasteiger partial charge in [-0.15, -0.1) is 0 Å². The van der Waals surface area contributed by atoms with Gasteiger partial charge in [0.2, 0.25) is 5.43 Å². The lowest BCUT2D eigenvalue weighted by molar-refractivity contribution is 0.0694. The summed E-state index contributed by atoms with van der Waals surface area (Å²) in [4.78, 5) is 26.7. The van der Waals surface area contributed by atoms with Crippen molar-refractivity contribution >= 4 is 28.6 Å². The van der Waals surface area contributed by atoms with Crippen LogP contribution in [-0.4, -0.2) is 26.8 Å². The van der Waals surface area contributed by atoms with Gasteiger partial charge in [0.15, 0.2) is 11.0 Å². The van der Waals surface area contributed by atoms with E-state index >= 15 is 0 Å². The van der Waals surface area contributed by atoms with Gasteiger partial charge in [-0.05, 0) is 6.07 Å². The molecule has 0 spiro atoms. The van der Waals surface area contributed by atoms with E-state index in [1.54, 1.807) is 0 Å². The second-order valence-electron chi connectivity index (χ2n) is 4.54. The molecule has 1 N–H and O–H groups in total. The summed E-state index contributed by atoms with van der Waals surface area (Å²) in [6.45, 7) is 0. The number of carboxylic acid groups (broad SMARTS) is 1. The number of pyridine rings is 2. The zero-order valence-electron chi connectivity index (χ0n) is 9.81. The highest BCUT2D eigenvalue weighted by Crippen LogP contribution is 2.40. The number of rotatable bonds is 2. The Hall–Kier alpha value is -2.02. The molecule has 1 aliphatic carbocycles. The molecule has 0 aromatic carbocycles. The zero-order valence-corrected chi connectivity index (χ0v) is 10.6. The van der Waals surface area contributed by atoms with E-state index in [2.05, 4.69) is 4.98 Å². The number of carbonyl (C=O) groups is 1. The van der Waals surface area contributed by atoms with Crippen LogP contribution in [-0.2, 0) is 0 Å². The molecule has 1 aliphatic rings. The average molecular weight is 301 g/mol. The van der Waals surface area contributed by atoms with Crippen LogP contribution in [0.15, 0.2) is 17.1 Å². The van der Waals surface area contributed by atoms with Crippen molar-refractivity contribution in [2.75, 3.05) is 0 Å². The topological polar surface area (TPSA) is 72.2 Å². The molecule has 0 amide bonds. The predicted octanol–water partition coefficient (Wildman–Crippen LogP) is 2.17. The summed E-state index contributed by atoms with van der Waals surface area (Å²) in [7, 11) is 0. The van der Waals surface area contributed by atoms with Crippen molar-refractivity contribution in [2.45, 2.75) is 18.6 Å². The van der Waals surface area contributed by atoms with E-state index in [1.807, 2.05) is 0 Å². The van der Waals surface area contributed by atoms with Crippen LogP contribution in [0.3, 0.4) is 0 Å². The van der Waals surface area contributed by atoms with Gasteiger partial charge in [0.1, 0.15) is 17.4 Å². The molecule has 2 heterocycles. The van der Waals surface area contributed by atoms with Crippen molar-refractivity contribution in [2.24, 2.45) is 0 Å². The Morgan fingerprint density at radius 1 is 1.55 bits per heavy atom. The summed E-state index contributed by atoms with van der Waals surface area (Å²) in [6.07, 6.45) is 0.0691. The summed E-state index contributed by atoms with van der Waals surface area (Å²) in [5.74, 6) is -2.39. The number of carboxylic acids is 1. The number of aromatic nitrogens is 2. The van der Waals surface area contributed by atoms with Gasteiger partial charge in [-0.3, -0.25) is 4.79 Å². The maximum Gasteiger partial charge on any atom is 0.341 e. The van der Waals surface area contributed by atoms with Crippen LogP contribution in [0.2, 0.25) is 5.15 Å². The number of halogens is 3. The van der Waals surface area contributed by atoms with E-state index in [0.29, 0.717) is 0 Å². The van der Waals surface area contributed by atoms with Gasteiger partial charge in [-0.2, -0.15) is 0 Å². The van der Waals surface area contributed by atoms with Crippen LogP contribution >= 0.6 is 11.6 Å². The molecule has 0 aliphatic heterocycles. The fraction of sp³-hybridized carbons (Fsp3) is 0.250. The Morgan fingerprint density at radius 3 is 2.75 bits per heavy atom. The van der Waals surface area contributed by atoms with Crippen molar-refractivity contribution in [1.82, 2.24) is 9.55 Å². The molecule has 2 aromatic rings. The van der Waals surface area contributed by atoms with Gasteiger partial charge in [0, 0.05) is 12.6 Å². The minimum Gasteiger partial charge on any atom is -0.477 e. The Bertz CT molecular complexity index is 805. The van der Waals surface area contributed by atoms with Crippen LogP contribution in [0.4, 0.5) is 8.78 Å². The van der Waals surface area contributed by atoms with E-state index < -0.39 is 40.1 Å². The van der Waals surface area contributed by atoms with E-state index in [9.17, 15) is 18.4 Å². The molecule has 2 atom stereocenters. The van der Waals surface area contributed by atoms with E-state index in [-0.39, 0.29) is 17.5 Å². The summed E-state index contributed by atoms with van der Waals surface area (Å²) in [6, 6.07) is 0.219. The molecule has 1 fully saturated rings. The quantitative estimate of drug-likeness (QED) is 0.863. The molecule has 0 bridgehead atoms. The molecular formula is C12H7ClF2N2O3. The van der Waals surface area contributed by atoms with Crippen LogP contribution in [0.1, 0.15) is 22.8 Å². The Morgan fingerprint density at radius 2 is 2.20 bits per heavy atom. The van der Waals surface area contributed by atoms with Crippen molar-refractivity contribution in [1.29, 1.82) is 0 Å². The molecule has 20 heavy (non-hydrogen) atoms. The van der Waals surface area contributed by atoms with E-state index in [4.69, 9.17) is 16.7 Å². The fourth-order valence-corrected chi connectivity index (χ4v) is 2.21. The van der Waals surface area contributed by atoms with E-state index in [0.717, 1.165) is 12.3 Å². The number of aromatic carboxylic acids is 1. The maximum absolute atomic E-state index is 13.4. The first-order valence-corrected chi connectivity index (χ1v) is 6.06. The number of hydrogen-bond donors (Lipinski definition) is 1.